The molecule has 1 nitrogen and oxygen atoms in total. The molecule has 0 spiro atoms. The summed E-state index contributed by atoms with van der Waals surface area (Å²) in [5, 5.41) is 2.70. The van der Waals surface area contributed by atoms with Crippen LogP contribution >= 0.6 is 0 Å². The lowest BCUT2D eigenvalue weighted by Crippen LogP contribution is -2.17. The van der Waals surface area contributed by atoms with Crippen LogP contribution in [0, 0.1) is 0 Å². The Morgan fingerprint density at radius 1 is 0.512 bits per heavy atom. The number of rotatable bonds is 4. The molecular formula is C40H41N. The SMILES string of the molecule is CCc1c(-c2ccccc2)ccc2c1c1c(-c3ccccc3)cccc1n2-c1cc(C(C)(C)C)cc(C(C)(C)C)c1. The number of aromatic nitrogens is 1. The molecule has 0 radical (unpaired) electrons. The van der Waals surface area contributed by atoms with Gasteiger partial charge in [-0.3, -0.25) is 0 Å². The van der Waals surface area contributed by atoms with Gasteiger partial charge >= 0.3 is 0 Å². The van der Waals surface area contributed by atoms with Crippen molar-refractivity contribution in [3.63, 3.8) is 0 Å². The molecular weight excluding hydrogens is 494 g/mol. The highest BCUT2D eigenvalue weighted by Gasteiger charge is 2.24. The maximum Gasteiger partial charge on any atom is 0.0547 e. The highest BCUT2D eigenvalue weighted by molar-refractivity contribution is 6.18. The van der Waals surface area contributed by atoms with Crippen molar-refractivity contribution < 1.29 is 0 Å². The molecule has 206 valence electrons. The van der Waals surface area contributed by atoms with Gasteiger partial charge in [-0.2, -0.15) is 0 Å². The van der Waals surface area contributed by atoms with Gasteiger partial charge in [0.05, 0.1) is 11.0 Å². The van der Waals surface area contributed by atoms with Gasteiger partial charge in [0.1, 0.15) is 0 Å². The molecule has 5 aromatic carbocycles. The topological polar surface area (TPSA) is 4.93 Å². The van der Waals surface area contributed by atoms with Crippen LogP contribution in [0.3, 0.4) is 0 Å². The molecule has 0 aliphatic carbocycles. The van der Waals surface area contributed by atoms with Gasteiger partial charge in [0.2, 0.25) is 0 Å². The Labute approximate surface area is 245 Å². The molecule has 6 aromatic rings. The van der Waals surface area contributed by atoms with E-state index < -0.39 is 0 Å². The van der Waals surface area contributed by atoms with Crippen molar-refractivity contribution in [1.29, 1.82) is 0 Å². The number of fused-ring (bicyclic) bond motifs is 3. The summed E-state index contributed by atoms with van der Waals surface area (Å²) < 4.78 is 2.52. The fourth-order valence-electron chi connectivity index (χ4n) is 6.22. The zero-order valence-electron chi connectivity index (χ0n) is 25.5. The van der Waals surface area contributed by atoms with E-state index in [1.54, 1.807) is 0 Å². The van der Waals surface area contributed by atoms with E-state index in [1.165, 1.54) is 66.4 Å². The van der Waals surface area contributed by atoms with Crippen molar-refractivity contribution in [1.82, 2.24) is 4.57 Å². The van der Waals surface area contributed by atoms with Crippen molar-refractivity contribution in [2.24, 2.45) is 0 Å². The molecule has 0 aliphatic rings. The number of aryl methyl sites for hydroxylation is 1. The minimum absolute atomic E-state index is 0.0407. The molecule has 0 atom stereocenters. The maximum absolute atomic E-state index is 2.52. The van der Waals surface area contributed by atoms with E-state index in [-0.39, 0.29) is 10.8 Å². The fraction of sp³-hybridized carbons (Fsp3) is 0.250. The molecule has 0 amide bonds. The van der Waals surface area contributed by atoms with Crippen molar-refractivity contribution in [3.05, 3.63) is 126 Å². The van der Waals surface area contributed by atoms with Crippen LogP contribution in [0.15, 0.2) is 109 Å². The van der Waals surface area contributed by atoms with E-state index in [4.69, 9.17) is 0 Å². The number of hydrogen-bond donors (Lipinski definition) is 0. The standard InChI is InChI=1S/C40H41N/c1-8-32-33(27-16-11-9-12-17-27)22-23-36-37(32)38-34(28-18-13-10-14-19-28)20-15-21-35(38)41(36)31-25-29(39(2,3)4)24-30(26-31)40(5,6)7/h9-26H,8H2,1-7H3. The van der Waals surface area contributed by atoms with Gasteiger partial charge in [-0.15, -0.1) is 0 Å². The van der Waals surface area contributed by atoms with E-state index in [2.05, 4.69) is 162 Å². The van der Waals surface area contributed by atoms with E-state index in [9.17, 15) is 0 Å². The van der Waals surface area contributed by atoms with E-state index in [0.29, 0.717) is 0 Å². The lowest BCUT2D eigenvalue weighted by molar-refractivity contribution is 0.568. The molecule has 0 bridgehead atoms. The average Bonchev–Trinajstić information content (AvgIpc) is 3.31. The van der Waals surface area contributed by atoms with Gasteiger partial charge in [0.15, 0.2) is 0 Å². The quantitative estimate of drug-likeness (QED) is 0.211. The van der Waals surface area contributed by atoms with Crippen molar-refractivity contribution in [2.75, 3.05) is 0 Å². The molecule has 0 saturated carbocycles. The van der Waals surface area contributed by atoms with Crippen LogP contribution in [0.25, 0.3) is 49.7 Å². The monoisotopic (exact) mass is 535 g/mol. The first kappa shape index (κ1) is 27.1. The van der Waals surface area contributed by atoms with Crippen molar-refractivity contribution >= 4 is 21.8 Å². The third-order valence-electron chi connectivity index (χ3n) is 8.50. The minimum atomic E-state index is 0.0407. The predicted octanol–water partition coefficient (Wildman–Crippen LogP) is 11.3. The van der Waals surface area contributed by atoms with Gasteiger partial charge in [-0.1, -0.05) is 133 Å². The van der Waals surface area contributed by atoms with Crippen molar-refractivity contribution in [3.8, 4) is 27.9 Å². The van der Waals surface area contributed by atoms with E-state index in [0.717, 1.165) is 6.42 Å². The van der Waals surface area contributed by atoms with Crippen LogP contribution in [0.1, 0.15) is 65.2 Å². The van der Waals surface area contributed by atoms with Gasteiger partial charge in [-0.25, -0.2) is 0 Å². The Balaban J connectivity index is 1.80. The summed E-state index contributed by atoms with van der Waals surface area (Å²) in [7, 11) is 0. The second-order valence-corrected chi connectivity index (χ2v) is 13.4. The third kappa shape index (κ3) is 4.78. The first-order chi connectivity index (χ1) is 19.6. The van der Waals surface area contributed by atoms with Crippen LogP contribution in [-0.4, -0.2) is 4.57 Å². The van der Waals surface area contributed by atoms with Gasteiger partial charge < -0.3 is 4.57 Å². The molecule has 0 N–H and O–H groups in total. The fourth-order valence-corrected chi connectivity index (χ4v) is 6.22. The zero-order chi connectivity index (χ0) is 28.9. The zero-order valence-corrected chi connectivity index (χ0v) is 25.5. The molecule has 1 aromatic heterocycles. The van der Waals surface area contributed by atoms with Crippen LogP contribution < -0.4 is 0 Å². The van der Waals surface area contributed by atoms with Gasteiger partial charge in [0.25, 0.3) is 0 Å². The Morgan fingerprint density at radius 3 is 1.59 bits per heavy atom. The predicted molar refractivity (Wildman–Crippen MR) is 178 cm³/mol. The van der Waals surface area contributed by atoms with Gasteiger partial charge in [0, 0.05) is 16.5 Å². The third-order valence-corrected chi connectivity index (χ3v) is 8.50. The maximum atomic E-state index is 2.52. The first-order valence-corrected chi connectivity index (χ1v) is 14.9. The summed E-state index contributed by atoms with van der Waals surface area (Å²) in [5.74, 6) is 0. The summed E-state index contributed by atoms with van der Waals surface area (Å²) in [6.45, 7) is 16.2. The smallest absolute Gasteiger partial charge is 0.0547 e. The second kappa shape index (κ2) is 10.1. The van der Waals surface area contributed by atoms with Crippen LogP contribution in [-0.2, 0) is 17.3 Å². The Bertz CT molecular complexity index is 1820. The Morgan fingerprint density at radius 2 is 1.05 bits per heavy atom. The second-order valence-electron chi connectivity index (χ2n) is 13.4. The summed E-state index contributed by atoms with van der Waals surface area (Å²) in [5.41, 5.74) is 13.1. The number of hydrogen-bond acceptors (Lipinski definition) is 0. The summed E-state index contributed by atoms with van der Waals surface area (Å²) >= 11 is 0. The Hall–Kier alpha value is -4.10. The average molecular weight is 536 g/mol. The highest BCUT2D eigenvalue weighted by Crippen LogP contribution is 2.44. The molecule has 0 saturated heterocycles. The number of benzene rings is 5. The van der Waals surface area contributed by atoms with E-state index >= 15 is 0 Å². The summed E-state index contributed by atoms with van der Waals surface area (Å²) in [4.78, 5) is 0. The molecule has 0 unspecified atom stereocenters. The molecule has 6 rings (SSSR count). The summed E-state index contributed by atoms with van der Waals surface area (Å²) in [6, 6.07) is 40.5. The highest BCUT2D eigenvalue weighted by atomic mass is 15.0. The summed E-state index contributed by atoms with van der Waals surface area (Å²) in [6.07, 6.45) is 0.957. The normalized spacial score (nSPS) is 12.4. The lowest BCUT2D eigenvalue weighted by Gasteiger charge is -2.27. The molecule has 1 heterocycles. The van der Waals surface area contributed by atoms with Crippen LogP contribution in [0.4, 0.5) is 0 Å². The molecule has 41 heavy (non-hydrogen) atoms. The minimum Gasteiger partial charge on any atom is -0.309 e. The lowest BCUT2D eigenvalue weighted by atomic mass is 9.80. The molecule has 0 fully saturated rings. The first-order valence-electron chi connectivity index (χ1n) is 14.9. The Kier molecular flexibility index (Phi) is 6.65. The molecule has 1 heteroatoms. The van der Waals surface area contributed by atoms with Gasteiger partial charge in [-0.05, 0) is 80.5 Å². The largest absolute Gasteiger partial charge is 0.309 e. The van der Waals surface area contributed by atoms with Crippen molar-refractivity contribution in [2.45, 2.75) is 65.7 Å². The molecule has 0 aliphatic heterocycles. The van der Waals surface area contributed by atoms with E-state index in [1.807, 2.05) is 0 Å². The van der Waals surface area contributed by atoms with Crippen LogP contribution in [0.2, 0.25) is 0 Å². The number of nitrogens with zero attached hydrogens (tertiary/aromatic N) is 1. The van der Waals surface area contributed by atoms with Crippen LogP contribution in [0.5, 0.6) is 0 Å².